The van der Waals surface area contributed by atoms with Crippen molar-refractivity contribution in [3.63, 3.8) is 0 Å². The third-order valence-corrected chi connectivity index (χ3v) is 6.73. The van der Waals surface area contributed by atoms with Crippen molar-refractivity contribution in [2.24, 2.45) is 5.92 Å². The number of fused-ring (bicyclic) bond motifs is 1. The van der Waals surface area contributed by atoms with Crippen molar-refractivity contribution >= 4 is 15.7 Å². The van der Waals surface area contributed by atoms with Gasteiger partial charge in [-0.2, -0.15) is 0 Å². The SMILES string of the molecule is O=C(CCS(=O)(=O)c1ccc2c(c1)CCC2)NCC1CCCNC1. The number of piperidine rings is 1. The Labute approximate surface area is 144 Å². The minimum Gasteiger partial charge on any atom is -0.356 e. The van der Waals surface area contributed by atoms with Gasteiger partial charge in [0.05, 0.1) is 10.6 Å². The summed E-state index contributed by atoms with van der Waals surface area (Å²) < 4.78 is 24.9. The average molecular weight is 350 g/mol. The summed E-state index contributed by atoms with van der Waals surface area (Å²) in [7, 11) is -3.39. The van der Waals surface area contributed by atoms with Crippen LogP contribution in [0.5, 0.6) is 0 Å². The fraction of sp³-hybridized carbons (Fsp3) is 0.611. The molecule has 24 heavy (non-hydrogen) atoms. The van der Waals surface area contributed by atoms with E-state index in [9.17, 15) is 13.2 Å². The summed E-state index contributed by atoms with van der Waals surface area (Å²) in [5.74, 6) is 0.155. The summed E-state index contributed by atoms with van der Waals surface area (Å²) in [6.07, 6.45) is 5.35. The number of hydrogen-bond donors (Lipinski definition) is 2. The molecular weight excluding hydrogens is 324 g/mol. The predicted molar refractivity (Wildman–Crippen MR) is 93.7 cm³/mol. The van der Waals surface area contributed by atoms with Crippen molar-refractivity contribution in [1.29, 1.82) is 0 Å². The van der Waals surface area contributed by atoms with Gasteiger partial charge in [0.1, 0.15) is 0 Å². The number of benzene rings is 1. The maximum atomic E-state index is 12.5. The number of amides is 1. The van der Waals surface area contributed by atoms with Gasteiger partial charge in [-0.15, -0.1) is 0 Å². The summed E-state index contributed by atoms with van der Waals surface area (Å²) in [4.78, 5) is 12.3. The van der Waals surface area contributed by atoms with Gasteiger partial charge >= 0.3 is 0 Å². The van der Waals surface area contributed by atoms with Crippen molar-refractivity contribution in [2.45, 2.75) is 43.4 Å². The molecule has 0 saturated carbocycles. The Morgan fingerprint density at radius 1 is 1.21 bits per heavy atom. The number of nitrogens with one attached hydrogen (secondary N) is 2. The zero-order valence-corrected chi connectivity index (χ0v) is 14.8. The Morgan fingerprint density at radius 3 is 2.83 bits per heavy atom. The second kappa shape index (κ2) is 7.66. The number of aryl methyl sites for hydroxylation is 2. The lowest BCUT2D eigenvalue weighted by atomic mass is 10.00. The summed E-state index contributed by atoms with van der Waals surface area (Å²) >= 11 is 0. The molecule has 1 aliphatic carbocycles. The maximum absolute atomic E-state index is 12.5. The summed E-state index contributed by atoms with van der Waals surface area (Å²) in [5.41, 5.74) is 2.40. The van der Waals surface area contributed by atoms with Crippen LogP contribution < -0.4 is 10.6 Å². The van der Waals surface area contributed by atoms with Crippen molar-refractivity contribution in [3.05, 3.63) is 29.3 Å². The molecule has 0 radical (unpaired) electrons. The van der Waals surface area contributed by atoms with E-state index in [1.165, 1.54) is 5.56 Å². The third-order valence-electron chi connectivity index (χ3n) is 5.01. The molecule has 2 N–H and O–H groups in total. The Morgan fingerprint density at radius 2 is 2.04 bits per heavy atom. The van der Waals surface area contributed by atoms with Crippen molar-refractivity contribution in [3.8, 4) is 0 Å². The first-order valence-corrected chi connectivity index (χ1v) is 10.5. The smallest absolute Gasteiger partial charge is 0.221 e. The van der Waals surface area contributed by atoms with Gasteiger partial charge in [-0.05, 0) is 74.4 Å². The van der Waals surface area contributed by atoms with Crippen molar-refractivity contribution < 1.29 is 13.2 Å². The molecule has 2 aliphatic rings. The van der Waals surface area contributed by atoms with Gasteiger partial charge < -0.3 is 10.6 Å². The van der Waals surface area contributed by atoms with Crippen LogP contribution in [0.2, 0.25) is 0 Å². The highest BCUT2D eigenvalue weighted by atomic mass is 32.2. The van der Waals surface area contributed by atoms with Gasteiger partial charge in [-0.3, -0.25) is 4.79 Å². The third kappa shape index (κ3) is 4.36. The first kappa shape index (κ1) is 17.4. The van der Waals surface area contributed by atoms with Gasteiger partial charge in [-0.25, -0.2) is 8.42 Å². The Hall–Kier alpha value is -1.40. The van der Waals surface area contributed by atoms with Crippen molar-refractivity contribution in [1.82, 2.24) is 10.6 Å². The van der Waals surface area contributed by atoms with Crippen LogP contribution in [0.4, 0.5) is 0 Å². The number of carbonyl (C=O) groups is 1. The maximum Gasteiger partial charge on any atom is 0.221 e. The van der Waals surface area contributed by atoms with E-state index in [1.807, 2.05) is 6.07 Å². The molecule has 0 bridgehead atoms. The number of sulfone groups is 1. The van der Waals surface area contributed by atoms with E-state index >= 15 is 0 Å². The van der Waals surface area contributed by atoms with Crippen LogP contribution in [0.25, 0.3) is 0 Å². The van der Waals surface area contributed by atoms with E-state index in [0.717, 1.165) is 50.8 Å². The van der Waals surface area contributed by atoms with Crippen LogP contribution in [-0.4, -0.2) is 39.7 Å². The van der Waals surface area contributed by atoms with Crippen LogP contribution in [0.3, 0.4) is 0 Å². The zero-order valence-electron chi connectivity index (χ0n) is 14.0. The molecule has 1 heterocycles. The van der Waals surface area contributed by atoms with Gasteiger partial charge in [0.25, 0.3) is 0 Å². The lowest BCUT2D eigenvalue weighted by Crippen LogP contribution is -2.38. The molecule has 1 saturated heterocycles. The quantitative estimate of drug-likeness (QED) is 0.814. The summed E-state index contributed by atoms with van der Waals surface area (Å²) in [6.45, 7) is 2.60. The van der Waals surface area contributed by atoms with Crippen LogP contribution in [-0.2, 0) is 27.5 Å². The normalized spacial score (nSPS) is 20.6. The minimum atomic E-state index is -3.39. The van der Waals surface area contributed by atoms with E-state index in [1.54, 1.807) is 12.1 Å². The van der Waals surface area contributed by atoms with E-state index < -0.39 is 9.84 Å². The molecule has 1 unspecified atom stereocenters. The van der Waals surface area contributed by atoms with Crippen LogP contribution in [0, 0.1) is 5.92 Å². The molecule has 132 valence electrons. The monoisotopic (exact) mass is 350 g/mol. The molecule has 1 aromatic rings. The first-order valence-electron chi connectivity index (χ1n) is 8.86. The zero-order chi connectivity index (χ0) is 17.0. The first-order chi connectivity index (χ1) is 11.5. The molecule has 0 spiro atoms. The predicted octanol–water partition coefficient (Wildman–Crippen LogP) is 1.45. The molecule has 6 heteroatoms. The molecule has 1 amide bonds. The van der Waals surface area contributed by atoms with E-state index in [0.29, 0.717) is 17.4 Å². The van der Waals surface area contributed by atoms with E-state index in [4.69, 9.17) is 0 Å². The second-order valence-corrected chi connectivity index (χ2v) is 8.98. The Kier molecular flexibility index (Phi) is 5.56. The van der Waals surface area contributed by atoms with Crippen LogP contribution >= 0.6 is 0 Å². The lowest BCUT2D eigenvalue weighted by Gasteiger charge is -2.22. The van der Waals surface area contributed by atoms with Gasteiger partial charge in [-0.1, -0.05) is 6.07 Å². The minimum absolute atomic E-state index is 0.0273. The number of carbonyl (C=O) groups excluding carboxylic acids is 1. The average Bonchev–Trinajstić information content (AvgIpc) is 3.07. The van der Waals surface area contributed by atoms with E-state index in [-0.39, 0.29) is 18.1 Å². The van der Waals surface area contributed by atoms with Crippen molar-refractivity contribution in [2.75, 3.05) is 25.4 Å². The summed E-state index contributed by atoms with van der Waals surface area (Å²) in [6, 6.07) is 5.40. The van der Waals surface area contributed by atoms with Gasteiger partial charge in [0.2, 0.25) is 5.91 Å². The molecule has 3 rings (SSSR count). The highest BCUT2D eigenvalue weighted by molar-refractivity contribution is 7.91. The molecule has 1 aliphatic heterocycles. The molecule has 1 atom stereocenters. The molecule has 5 nitrogen and oxygen atoms in total. The largest absolute Gasteiger partial charge is 0.356 e. The van der Waals surface area contributed by atoms with Crippen LogP contribution in [0.15, 0.2) is 23.1 Å². The topological polar surface area (TPSA) is 75.3 Å². The molecule has 1 fully saturated rings. The highest BCUT2D eigenvalue weighted by Gasteiger charge is 2.20. The van der Waals surface area contributed by atoms with Gasteiger partial charge in [0.15, 0.2) is 9.84 Å². The molecular formula is C18H26N2O3S. The van der Waals surface area contributed by atoms with E-state index in [2.05, 4.69) is 10.6 Å². The standard InChI is InChI=1S/C18H26N2O3S/c21-18(20-13-14-3-2-9-19-12-14)8-10-24(22,23)17-7-6-15-4-1-5-16(15)11-17/h6-7,11,14,19H,1-5,8-10,12-13H2,(H,20,21). The fourth-order valence-corrected chi connectivity index (χ4v) is 4.82. The second-order valence-electron chi connectivity index (χ2n) is 6.87. The number of hydrogen-bond acceptors (Lipinski definition) is 4. The summed E-state index contributed by atoms with van der Waals surface area (Å²) in [5, 5.41) is 6.18. The number of rotatable bonds is 6. The Balaban J connectivity index is 1.50. The Bertz CT molecular complexity index is 694. The van der Waals surface area contributed by atoms with Gasteiger partial charge in [0, 0.05) is 13.0 Å². The lowest BCUT2D eigenvalue weighted by molar-refractivity contribution is -0.120. The molecule has 1 aromatic carbocycles. The molecule has 0 aromatic heterocycles. The fourth-order valence-electron chi connectivity index (χ4n) is 3.53. The van der Waals surface area contributed by atoms with Crippen LogP contribution in [0.1, 0.15) is 36.8 Å². The highest BCUT2D eigenvalue weighted by Crippen LogP contribution is 2.25.